The minimum atomic E-state index is -1.63. The molecule has 0 spiro atoms. The Morgan fingerprint density at radius 1 is 0.985 bits per heavy atom. The topological polar surface area (TPSA) is 178 Å². The minimum absolute atomic E-state index is 0.0629. The van der Waals surface area contributed by atoms with Crippen molar-refractivity contribution in [2.45, 2.75) is 141 Å². The standard InChI is InChI=1S/C51H69N5O11/c1-12-40-51(13-2)44(56(49(61)67-51)25-18-17-24-55-29-38(53-30-55)37-22-19-23-52-28-37)33(5)41(57)31(3)27-50(8,62-11)45(34(6)42(58)35(7)46(59)64-40)66-48-43(39(54(9)10)26-32(4)63-48)65-47(60)36-20-15-14-16-21-36/h13-16,19-23,28-35,39-40,43-45,48H,2,12,17-18,24-27H2,1,3-11H3/t31-,32-,33+,34+,35-,39+,40-,43-,44-,45-,48?,50-,51-/m1/s1. The van der Waals surface area contributed by atoms with Gasteiger partial charge in [0.15, 0.2) is 23.8 Å². The number of imidazole rings is 1. The second-order valence-corrected chi connectivity index (χ2v) is 18.9. The summed E-state index contributed by atoms with van der Waals surface area (Å²) in [7, 11) is 5.25. The summed E-state index contributed by atoms with van der Waals surface area (Å²) in [5.74, 6) is -6.05. The van der Waals surface area contributed by atoms with Gasteiger partial charge in [0.2, 0.25) is 0 Å². The van der Waals surface area contributed by atoms with Crippen LogP contribution in [0.4, 0.5) is 4.79 Å². The van der Waals surface area contributed by atoms with Crippen LogP contribution in [-0.2, 0) is 49.3 Å². The third kappa shape index (κ3) is 10.9. The zero-order valence-corrected chi connectivity index (χ0v) is 40.7. The van der Waals surface area contributed by atoms with Crippen LogP contribution >= 0.6 is 0 Å². The highest BCUT2D eigenvalue weighted by molar-refractivity contribution is 6.00. The number of ether oxygens (including phenoxy) is 6. The number of fused-ring (bicyclic) bond motifs is 1. The minimum Gasteiger partial charge on any atom is -0.457 e. The number of carbonyl (C=O) groups excluding carboxylic acids is 5. The van der Waals surface area contributed by atoms with E-state index in [9.17, 15) is 19.2 Å². The molecule has 6 rings (SSSR count). The van der Waals surface area contributed by atoms with Gasteiger partial charge in [-0.05, 0) is 97.3 Å². The largest absolute Gasteiger partial charge is 0.457 e. The Hall–Kier alpha value is -5.29. The molecular weight excluding hydrogens is 859 g/mol. The van der Waals surface area contributed by atoms with Gasteiger partial charge >= 0.3 is 18.0 Å². The van der Waals surface area contributed by atoms with Crippen LogP contribution in [0.25, 0.3) is 11.3 Å². The highest BCUT2D eigenvalue weighted by Gasteiger charge is 2.61. The molecule has 364 valence electrons. The van der Waals surface area contributed by atoms with E-state index in [1.807, 2.05) is 48.8 Å². The van der Waals surface area contributed by atoms with Gasteiger partial charge in [-0.3, -0.25) is 24.3 Å². The summed E-state index contributed by atoms with van der Waals surface area (Å²) in [4.78, 5) is 84.0. The lowest BCUT2D eigenvalue weighted by Crippen LogP contribution is -2.61. The maximum absolute atomic E-state index is 15.0. The molecule has 16 heteroatoms. The smallest absolute Gasteiger partial charge is 0.411 e. The first-order valence-corrected chi connectivity index (χ1v) is 23.5. The van der Waals surface area contributed by atoms with Crippen molar-refractivity contribution in [3.8, 4) is 11.3 Å². The Morgan fingerprint density at radius 3 is 2.34 bits per heavy atom. The van der Waals surface area contributed by atoms with Crippen LogP contribution in [0.3, 0.4) is 0 Å². The number of hydrogen-bond donors (Lipinski definition) is 0. The van der Waals surface area contributed by atoms with Gasteiger partial charge in [0.05, 0.1) is 47.5 Å². The molecule has 1 amide bonds. The van der Waals surface area contributed by atoms with E-state index < -0.39 is 89.3 Å². The summed E-state index contributed by atoms with van der Waals surface area (Å²) < 4.78 is 40.3. The maximum Gasteiger partial charge on any atom is 0.411 e. The maximum atomic E-state index is 15.0. The monoisotopic (exact) mass is 927 g/mol. The summed E-state index contributed by atoms with van der Waals surface area (Å²) >= 11 is 0. The number of rotatable bonds is 14. The molecule has 2 aromatic heterocycles. The van der Waals surface area contributed by atoms with Crippen molar-refractivity contribution < 1.29 is 52.4 Å². The highest BCUT2D eigenvalue weighted by atomic mass is 16.7. The summed E-state index contributed by atoms with van der Waals surface area (Å²) in [5, 5.41) is 0. The Morgan fingerprint density at radius 2 is 1.70 bits per heavy atom. The van der Waals surface area contributed by atoms with E-state index >= 15 is 4.79 Å². The summed E-state index contributed by atoms with van der Waals surface area (Å²) in [6.45, 7) is 17.1. The summed E-state index contributed by atoms with van der Waals surface area (Å²) in [6.07, 6.45) is 5.24. The van der Waals surface area contributed by atoms with E-state index in [-0.39, 0.29) is 37.3 Å². The van der Waals surface area contributed by atoms with E-state index in [1.54, 1.807) is 88.6 Å². The predicted octanol–water partition coefficient (Wildman–Crippen LogP) is 6.96. The predicted molar refractivity (Wildman–Crippen MR) is 248 cm³/mol. The number of esters is 2. The van der Waals surface area contributed by atoms with Crippen molar-refractivity contribution in [3.63, 3.8) is 0 Å². The first kappa shape index (κ1) is 51.1. The molecule has 1 unspecified atom stereocenters. The van der Waals surface area contributed by atoms with Gasteiger partial charge in [-0.2, -0.15) is 0 Å². The number of aryl methyl sites for hydroxylation is 1. The molecule has 0 radical (unpaired) electrons. The first-order chi connectivity index (χ1) is 31.9. The Labute approximate surface area is 394 Å². The number of cyclic esters (lactones) is 1. The molecule has 13 atom stereocenters. The second-order valence-electron chi connectivity index (χ2n) is 18.9. The van der Waals surface area contributed by atoms with Gasteiger partial charge in [-0.1, -0.05) is 52.5 Å². The first-order valence-electron chi connectivity index (χ1n) is 23.5. The van der Waals surface area contributed by atoms with E-state index in [2.05, 4.69) is 16.5 Å². The van der Waals surface area contributed by atoms with E-state index in [1.165, 1.54) is 20.1 Å². The van der Waals surface area contributed by atoms with Gasteiger partial charge in [-0.15, -0.1) is 0 Å². The Kier molecular flexibility index (Phi) is 16.6. The Balaban J connectivity index is 1.32. The van der Waals surface area contributed by atoms with E-state index in [0.717, 1.165) is 11.3 Å². The molecular formula is C51H69N5O11. The van der Waals surface area contributed by atoms with Crippen LogP contribution in [-0.4, -0.2) is 136 Å². The molecule has 16 nitrogen and oxygen atoms in total. The number of carbonyl (C=O) groups is 5. The van der Waals surface area contributed by atoms with Crippen LogP contribution in [0.5, 0.6) is 0 Å². The average Bonchev–Trinajstić information content (AvgIpc) is 3.92. The van der Waals surface area contributed by atoms with Crippen LogP contribution in [0.2, 0.25) is 0 Å². The van der Waals surface area contributed by atoms with Crippen molar-refractivity contribution in [1.82, 2.24) is 24.3 Å². The molecule has 5 heterocycles. The van der Waals surface area contributed by atoms with Crippen LogP contribution in [0.1, 0.15) is 90.9 Å². The fraction of sp³-hybridized carbons (Fsp3) is 0.588. The van der Waals surface area contributed by atoms with Crippen molar-refractivity contribution in [1.29, 1.82) is 0 Å². The van der Waals surface area contributed by atoms with Crippen molar-refractivity contribution in [3.05, 3.63) is 85.6 Å². The van der Waals surface area contributed by atoms with Crippen molar-refractivity contribution in [2.75, 3.05) is 27.7 Å². The molecule has 0 aliphatic carbocycles. The number of ketones is 2. The molecule has 3 aliphatic heterocycles. The number of benzene rings is 1. The van der Waals surface area contributed by atoms with E-state index in [0.29, 0.717) is 31.4 Å². The summed E-state index contributed by atoms with van der Waals surface area (Å²) in [6, 6.07) is 11.1. The number of pyridine rings is 1. The van der Waals surface area contributed by atoms with Crippen LogP contribution in [0.15, 0.2) is 80.0 Å². The van der Waals surface area contributed by atoms with Gasteiger partial charge in [0, 0.05) is 62.1 Å². The van der Waals surface area contributed by atoms with Crippen LogP contribution < -0.4 is 0 Å². The second kappa shape index (κ2) is 21.8. The molecule has 3 aromatic rings. The normalized spacial score (nSPS) is 33.1. The Bertz CT molecular complexity index is 2200. The quantitative estimate of drug-likeness (QED) is 0.0533. The van der Waals surface area contributed by atoms with Gasteiger partial charge in [-0.25, -0.2) is 14.6 Å². The lowest BCUT2D eigenvalue weighted by atomic mass is 9.72. The average molecular weight is 928 g/mol. The molecule has 0 saturated carbocycles. The molecule has 1 aromatic carbocycles. The highest BCUT2D eigenvalue weighted by Crippen LogP contribution is 2.44. The lowest BCUT2D eigenvalue weighted by molar-refractivity contribution is -0.294. The zero-order chi connectivity index (χ0) is 48.8. The number of aromatic nitrogens is 3. The number of unbranched alkanes of at least 4 members (excludes halogenated alkanes) is 1. The molecule has 3 fully saturated rings. The number of hydrogen-bond acceptors (Lipinski definition) is 14. The van der Waals surface area contributed by atoms with Crippen molar-refractivity contribution >= 4 is 29.6 Å². The fourth-order valence-corrected chi connectivity index (χ4v) is 10.3. The zero-order valence-electron chi connectivity index (χ0n) is 40.7. The van der Waals surface area contributed by atoms with Crippen LogP contribution in [0, 0.1) is 23.7 Å². The van der Waals surface area contributed by atoms with Crippen molar-refractivity contribution in [2.24, 2.45) is 23.7 Å². The molecule has 3 saturated heterocycles. The molecule has 67 heavy (non-hydrogen) atoms. The van der Waals surface area contributed by atoms with E-state index in [4.69, 9.17) is 28.4 Å². The molecule has 0 N–H and O–H groups in total. The number of Topliss-reactive ketones (excluding diaryl/α,β-unsaturated/α-hetero) is 2. The van der Waals surface area contributed by atoms with Gasteiger partial charge in [0.25, 0.3) is 0 Å². The molecule has 0 bridgehead atoms. The summed E-state index contributed by atoms with van der Waals surface area (Å²) in [5.41, 5.74) is -0.948. The third-order valence-electron chi connectivity index (χ3n) is 14.1. The number of amides is 1. The number of methoxy groups -OCH3 is 1. The molecule has 3 aliphatic rings. The van der Waals surface area contributed by atoms with Gasteiger partial charge in [0.1, 0.15) is 17.8 Å². The third-order valence-corrected chi connectivity index (χ3v) is 14.1. The lowest BCUT2D eigenvalue weighted by Gasteiger charge is -2.47. The number of nitrogens with zero attached hydrogens (tertiary/aromatic N) is 5. The SMILES string of the molecule is C=C[C@]12OC(=O)N(CCCCn3cnc(-c4cccnc4)c3)[C@@H]1[C@@H](C)C(=O)[C@H](C)C[C@@](C)(OC)[C@H](OC1O[C@H](C)C[C@H](N(C)C)[C@H]1OC(=O)c1ccccc1)[C@@H](C)C(=O)[C@@H](C)C(=O)O[C@@H]2CC. The fourth-order valence-electron chi connectivity index (χ4n) is 10.3. The van der Waals surface area contributed by atoms with Gasteiger partial charge < -0.3 is 37.9 Å². The number of likely N-dealkylation sites (N-methyl/N-ethyl adjacent to an activating group) is 1.